The first-order valence-electron chi connectivity index (χ1n) is 11.0. The van der Waals surface area contributed by atoms with Crippen molar-refractivity contribution in [2.24, 2.45) is 0 Å². The average molecular weight is 440 g/mol. The summed E-state index contributed by atoms with van der Waals surface area (Å²) < 4.78 is 34.7. The number of para-hydroxylation sites is 1. The second-order valence-corrected chi connectivity index (χ2v) is 8.85. The van der Waals surface area contributed by atoms with E-state index in [4.69, 9.17) is 4.42 Å². The van der Waals surface area contributed by atoms with Crippen LogP contribution in [-0.2, 0) is 12.8 Å². The fourth-order valence-electron chi connectivity index (χ4n) is 5.01. The SMILES string of the molecule is CCc1nc2cc([C@@H]3c4[nH]c5ccccc5c4C[C@@H](C)N3CC(F)(F)CO)cc(C)c2o1. The predicted octanol–water partition coefficient (Wildman–Crippen LogP) is 5.14. The summed E-state index contributed by atoms with van der Waals surface area (Å²) >= 11 is 0. The van der Waals surface area contributed by atoms with Gasteiger partial charge in [-0.15, -0.1) is 0 Å². The Labute approximate surface area is 185 Å². The largest absolute Gasteiger partial charge is 0.440 e. The molecule has 2 aromatic carbocycles. The summed E-state index contributed by atoms with van der Waals surface area (Å²) in [5, 5.41) is 10.4. The maximum atomic E-state index is 14.4. The number of oxazole rings is 1. The highest BCUT2D eigenvalue weighted by atomic mass is 19.3. The molecule has 0 saturated carbocycles. The Bertz CT molecular complexity index is 1290. The number of halogens is 2. The van der Waals surface area contributed by atoms with Gasteiger partial charge < -0.3 is 14.5 Å². The topological polar surface area (TPSA) is 65.3 Å². The molecule has 32 heavy (non-hydrogen) atoms. The number of aromatic amines is 1. The summed E-state index contributed by atoms with van der Waals surface area (Å²) in [7, 11) is 0. The van der Waals surface area contributed by atoms with Crippen LogP contribution < -0.4 is 0 Å². The van der Waals surface area contributed by atoms with Crippen LogP contribution in [-0.4, -0.2) is 45.1 Å². The van der Waals surface area contributed by atoms with Gasteiger partial charge in [0.25, 0.3) is 5.92 Å². The molecule has 1 aliphatic heterocycles. The standard InChI is InChI=1S/C25H27F2N3O2/c1-4-21-28-20-11-16(9-14(2)24(20)32-21)23-22-18(17-7-5-6-8-19(17)29-22)10-15(3)30(23)12-25(26,27)13-31/h5-9,11,15,23,29,31H,4,10,12-13H2,1-3H3/t15-,23-/m1/s1. The monoisotopic (exact) mass is 439 g/mol. The lowest BCUT2D eigenvalue weighted by molar-refractivity contribution is -0.0864. The van der Waals surface area contributed by atoms with Gasteiger partial charge in [-0.1, -0.05) is 31.2 Å². The minimum Gasteiger partial charge on any atom is -0.440 e. The number of nitrogens with one attached hydrogen (secondary N) is 1. The third-order valence-electron chi connectivity index (χ3n) is 6.52. The van der Waals surface area contributed by atoms with Crippen molar-refractivity contribution >= 4 is 22.0 Å². The first kappa shape index (κ1) is 21.1. The van der Waals surface area contributed by atoms with Gasteiger partial charge in [-0.25, -0.2) is 13.8 Å². The van der Waals surface area contributed by atoms with E-state index in [1.54, 1.807) is 4.90 Å². The third kappa shape index (κ3) is 3.40. The molecule has 7 heteroatoms. The molecule has 5 rings (SSSR count). The Morgan fingerprint density at radius 3 is 2.81 bits per heavy atom. The smallest absolute Gasteiger partial charge is 0.283 e. The molecule has 3 heterocycles. The highest BCUT2D eigenvalue weighted by Crippen LogP contribution is 2.42. The molecule has 0 radical (unpaired) electrons. The number of nitrogens with zero attached hydrogens (tertiary/aromatic N) is 2. The van der Waals surface area contributed by atoms with E-state index in [2.05, 4.69) is 16.0 Å². The second kappa shape index (κ2) is 7.67. The van der Waals surface area contributed by atoms with Crippen LogP contribution >= 0.6 is 0 Å². The van der Waals surface area contributed by atoms with Gasteiger partial charge in [0.05, 0.1) is 12.6 Å². The van der Waals surface area contributed by atoms with Gasteiger partial charge in [0, 0.05) is 29.1 Å². The van der Waals surface area contributed by atoms with Gasteiger partial charge in [0.1, 0.15) is 12.1 Å². The van der Waals surface area contributed by atoms with Gasteiger partial charge in [-0.2, -0.15) is 0 Å². The van der Waals surface area contributed by atoms with E-state index < -0.39 is 25.1 Å². The summed E-state index contributed by atoms with van der Waals surface area (Å²) in [6.45, 7) is 4.21. The molecule has 0 unspecified atom stereocenters. The minimum atomic E-state index is -3.20. The third-order valence-corrected chi connectivity index (χ3v) is 6.52. The lowest BCUT2D eigenvalue weighted by Gasteiger charge is -2.42. The molecule has 1 aliphatic rings. The number of alkyl halides is 2. The van der Waals surface area contributed by atoms with E-state index in [0.29, 0.717) is 18.7 Å². The highest BCUT2D eigenvalue weighted by Gasteiger charge is 2.41. The van der Waals surface area contributed by atoms with Crippen LogP contribution in [0.1, 0.15) is 48.2 Å². The van der Waals surface area contributed by atoms with E-state index in [9.17, 15) is 13.9 Å². The number of rotatable bonds is 5. The molecule has 2 atom stereocenters. The molecule has 2 aromatic heterocycles. The normalized spacial score (nSPS) is 19.7. The summed E-state index contributed by atoms with van der Waals surface area (Å²) in [4.78, 5) is 9.91. The fourth-order valence-corrected chi connectivity index (χ4v) is 5.01. The van der Waals surface area contributed by atoms with E-state index in [-0.39, 0.29) is 6.04 Å². The average Bonchev–Trinajstić information content (AvgIpc) is 3.35. The van der Waals surface area contributed by atoms with Crippen molar-refractivity contribution in [3.63, 3.8) is 0 Å². The van der Waals surface area contributed by atoms with Gasteiger partial charge in [-0.3, -0.25) is 4.90 Å². The number of aliphatic hydroxyl groups excluding tert-OH is 1. The molecular formula is C25H27F2N3O2. The Morgan fingerprint density at radius 2 is 2.06 bits per heavy atom. The van der Waals surface area contributed by atoms with Crippen LogP contribution in [0.3, 0.4) is 0 Å². The maximum Gasteiger partial charge on any atom is 0.283 e. The van der Waals surface area contributed by atoms with E-state index in [0.717, 1.165) is 44.4 Å². The Kier molecular flexibility index (Phi) is 5.06. The Morgan fingerprint density at radius 1 is 1.28 bits per heavy atom. The molecule has 0 amide bonds. The predicted molar refractivity (Wildman–Crippen MR) is 120 cm³/mol. The number of fused-ring (bicyclic) bond motifs is 4. The van der Waals surface area contributed by atoms with Crippen LogP contribution in [0.25, 0.3) is 22.0 Å². The van der Waals surface area contributed by atoms with Crippen LogP contribution in [0.5, 0.6) is 0 Å². The molecule has 0 saturated heterocycles. The first-order chi connectivity index (χ1) is 15.3. The number of hydrogen-bond acceptors (Lipinski definition) is 4. The zero-order chi connectivity index (χ0) is 22.6. The lowest BCUT2D eigenvalue weighted by atomic mass is 9.87. The number of aromatic nitrogens is 2. The van der Waals surface area contributed by atoms with Gasteiger partial charge in [-0.05, 0) is 49.1 Å². The van der Waals surface area contributed by atoms with Crippen molar-refractivity contribution in [2.45, 2.75) is 51.6 Å². The summed E-state index contributed by atoms with van der Waals surface area (Å²) in [5.41, 5.74) is 6.37. The van der Waals surface area contributed by atoms with E-state index >= 15 is 0 Å². The molecule has 168 valence electrons. The molecule has 4 aromatic rings. The maximum absolute atomic E-state index is 14.4. The number of hydrogen-bond donors (Lipinski definition) is 2. The van der Waals surface area contributed by atoms with Crippen LogP contribution in [0, 0.1) is 6.92 Å². The molecule has 5 nitrogen and oxygen atoms in total. The quantitative estimate of drug-likeness (QED) is 0.452. The van der Waals surface area contributed by atoms with Crippen LogP contribution in [0.4, 0.5) is 8.78 Å². The summed E-state index contributed by atoms with van der Waals surface area (Å²) in [6, 6.07) is 11.5. The van der Waals surface area contributed by atoms with Gasteiger partial charge in [0.2, 0.25) is 0 Å². The lowest BCUT2D eigenvalue weighted by Crippen LogP contribution is -2.49. The first-order valence-corrected chi connectivity index (χ1v) is 11.0. The van der Waals surface area contributed by atoms with E-state index in [1.165, 1.54) is 0 Å². The zero-order valence-corrected chi connectivity index (χ0v) is 18.5. The number of aliphatic hydroxyl groups is 1. The van der Waals surface area contributed by atoms with Crippen molar-refractivity contribution < 1.29 is 18.3 Å². The highest BCUT2D eigenvalue weighted by molar-refractivity contribution is 5.85. The minimum absolute atomic E-state index is 0.136. The van der Waals surface area contributed by atoms with E-state index in [1.807, 2.05) is 51.1 Å². The van der Waals surface area contributed by atoms with Crippen molar-refractivity contribution in [3.8, 4) is 0 Å². The van der Waals surface area contributed by atoms with Crippen molar-refractivity contribution in [3.05, 3.63) is 64.7 Å². The molecule has 0 aliphatic carbocycles. The van der Waals surface area contributed by atoms with Gasteiger partial charge >= 0.3 is 0 Å². The zero-order valence-electron chi connectivity index (χ0n) is 18.5. The van der Waals surface area contributed by atoms with Crippen molar-refractivity contribution in [2.75, 3.05) is 13.2 Å². The molecule has 0 bridgehead atoms. The number of benzene rings is 2. The molecule has 2 N–H and O–H groups in total. The van der Waals surface area contributed by atoms with Crippen molar-refractivity contribution in [1.82, 2.24) is 14.9 Å². The number of aryl methyl sites for hydroxylation is 2. The second-order valence-electron chi connectivity index (χ2n) is 8.85. The van der Waals surface area contributed by atoms with Gasteiger partial charge in [0.15, 0.2) is 11.5 Å². The van der Waals surface area contributed by atoms with Crippen LogP contribution in [0.15, 0.2) is 40.8 Å². The molecular weight excluding hydrogens is 412 g/mol. The summed E-state index contributed by atoms with van der Waals surface area (Å²) in [6.07, 6.45) is 1.34. The Hall–Kier alpha value is -2.77. The van der Waals surface area contributed by atoms with Crippen molar-refractivity contribution in [1.29, 1.82) is 0 Å². The Balaban J connectivity index is 1.72. The molecule has 0 spiro atoms. The number of H-pyrrole nitrogens is 1. The summed E-state index contributed by atoms with van der Waals surface area (Å²) in [5.74, 6) is -2.54. The molecule has 0 fully saturated rings. The van der Waals surface area contributed by atoms with Crippen LogP contribution in [0.2, 0.25) is 0 Å². The fraction of sp³-hybridized carbons (Fsp3) is 0.400.